The quantitative estimate of drug-likeness (QED) is 0.252. The molecule has 38 heavy (non-hydrogen) atoms. The van der Waals surface area contributed by atoms with Crippen molar-refractivity contribution in [2.75, 3.05) is 0 Å². The van der Waals surface area contributed by atoms with E-state index in [1.165, 1.54) is 10.8 Å². The Morgan fingerprint density at radius 1 is 0.526 bits per heavy atom. The summed E-state index contributed by atoms with van der Waals surface area (Å²) in [6, 6.07) is 43.9. The van der Waals surface area contributed by atoms with Gasteiger partial charge in [0, 0.05) is 17.1 Å². The van der Waals surface area contributed by atoms with Crippen LogP contribution in [0.5, 0.6) is 0 Å². The molecule has 176 valence electrons. The summed E-state index contributed by atoms with van der Waals surface area (Å²) < 4.78 is 0. The molecule has 1 heterocycles. The summed E-state index contributed by atoms with van der Waals surface area (Å²) in [6.45, 7) is 0. The minimum absolute atomic E-state index is 0.661. The predicted molar refractivity (Wildman–Crippen MR) is 156 cm³/mol. The molecule has 0 spiro atoms. The summed E-state index contributed by atoms with van der Waals surface area (Å²) >= 11 is 0. The van der Waals surface area contributed by atoms with Crippen molar-refractivity contribution in [1.82, 2.24) is 9.97 Å². The van der Waals surface area contributed by atoms with Gasteiger partial charge in [0.25, 0.3) is 0 Å². The first kappa shape index (κ1) is 21.9. The van der Waals surface area contributed by atoms with Gasteiger partial charge in [-0.25, -0.2) is 9.97 Å². The Hall–Kier alpha value is -5.33. The van der Waals surface area contributed by atoms with E-state index in [4.69, 9.17) is 9.97 Å². The number of aromatic nitrogens is 2. The second-order valence-corrected chi connectivity index (χ2v) is 9.43. The van der Waals surface area contributed by atoms with Gasteiger partial charge >= 0.3 is 0 Å². The molecule has 0 aliphatic carbocycles. The second kappa shape index (κ2) is 8.96. The Labute approximate surface area is 220 Å². The van der Waals surface area contributed by atoms with Gasteiger partial charge in [0.1, 0.15) is 0 Å². The zero-order chi connectivity index (χ0) is 25.5. The highest BCUT2D eigenvalue weighted by Crippen LogP contribution is 2.36. The molecule has 3 heteroatoms. The lowest BCUT2D eigenvalue weighted by Crippen LogP contribution is -1.92. The third-order valence-corrected chi connectivity index (χ3v) is 7.13. The zero-order valence-corrected chi connectivity index (χ0v) is 20.5. The smallest absolute Gasteiger partial charge is 0.160 e. The van der Waals surface area contributed by atoms with E-state index in [9.17, 15) is 5.26 Å². The maximum atomic E-state index is 9.21. The lowest BCUT2D eigenvalue weighted by Gasteiger charge is -2.13. The molecule has 0 amide bonds. The van der Waals surface area contributed by atoms with E-state index >= 15 is 0 Å². The zero-order valence-electron chi connectivity index (χ0n) is 20.5. The molecule has 0 aliphatic heterocycles. The highest BCUT2D eigenvalue weighted by atomic mass is 14.9. The standard InChI is InChI=1S/C35H21N3/c36-21-23-12-14-25(15-13-23)30-10-5-8-24-16-17-26(19-32(24)30)29-18-27-6-1-3-9-31(27)33(20-29)35-37-22-28-7-2-4-11-34(28)38-35/h1-20,22H. The van der Waals surface area contributed by atoms with Crippen LogP contribution in [-0.4, -0.2) is 9.97 Å². The number of nitrogens with zero attached hydrogens (tertiary/aromatic N) is 3. The summed E-state index contributed by atoms with van der Waals surface area (Å²) in [5, 5.41) is 14.9. The fourth-order valence-electron chi connectivity index (χ4n) is 5.19. The average Bonchev–Trinajstić information content (AvgIpc) is 2.99. The molecule has 0 radical (unpaired) electrons. The van der Waals surface area contributed by atoms with Crippen LogP contribution in [0, 0.1) is 11.3 Å². The minimum Gasteiger partial charge on any atom is -0.236 e. The van der Waals surface area contributed by atoms with Crippen LogP contribution in [0.4, 0.5) is 0 Å². The Balaban J connectivity index is 1.42. The van der Waals surface area contributed by atoms with Crippen LogP contribution >= 0.6 is 0 Å². The van der Waals surface area contributed by atoms with Crippen LogP contribution in [0.15, 0.2) is 128 Å². The van der Waals surface area contributed by atoms with Gasteiger partial charge in [-0.3, -0.25) is 0 Å². The van der Waals surface area contributed by atoms with Crippen LogP contribution < -0.4 is 0 Å². The first-order valence-corrected chi connectivity index (χ1v) is 12.6. The van der Waals surface area contributed by atoms with Crippen LogP contribution in [0.25, 0.3) is 66.1 Å². The highest BCUT2D eigenvalue weighted by molar-refractivity contribution is 6.02. The van der Waals surface area contributed by atoms with Crippen LogP contribution in [0.3, 0.4) is 0 Å². The molecule has 0 saturated carbocycles. The SMILES string of the molecule is N#Cc1ccc(-c2cccc3ccc(-c4cc(-c5ncc6ccccc6n5)c5ccccc5c4)cc23)cc1. The summed E-state index contributed by atoms with van der Waals surface area (Å²) in [6.07, 6.45) is 1.90. The third kappa shape index (κ3) is 3.77. The maximum absolute atomic E-state index is 9.21. The number of hydrogen-bond acceptors (Lipinski definition) is 3. The van der Waals surface area contributed by atoms with Gasteiger partial charge in [0.05, 0.1) is 17.1 Å². The molecule has 0 N–H and O–H groups in total. The van der Waals surface area contributed by atoms with Gasteiger partial charge in [-0.2, -0.15) is 5.26 Å². The number of benzene rings is 6. The minimum atomic E-state index is 0.661. The van der Waals surface area contributed by atoms with Crippen molar-refractivity contribution in [2.24, 2.45) is 0 Å². The number of hydrogen-bond donors (Lipinski definition) is 0. The molecule has 0 bridgehead atoms. The Morgan fingerprint density at radius 2 is 1.29 bits per heavy atom. The molecule has 0 fully saturated rings. The van der Waals surface area contributed by atoms with Crippen molar-refractivity contribution < 1.29 is 0 Å². The summed E-state index contributed by atoms with van der Waals surface area (Å²) in [4.78, 5) is 9.66. The van der Waals surface area contributed by atoms with E-state index in [0.717, 1.165) is 55.3 Å². The van der Waals surface area contributed by atoms with Gasteiger partial charge in [-0.15, -0.1) is 0 Å². The van der Waals surface area contributed by atoms with Crippen molar-refractivity contribution >= 4 is 32.4 Å². The predicted octanol–water partition coefficient (Wildman–Crippen LogP) is 8.81. The highest BCUT2D eigenvalue weighted by Gasteiger charge is 2.12. The van der Waals surface area contributed by atoms with E-state index in [0.29, 0.717) is 5.56 Å². The molecule has 7 aromatic rings. The fourth-order valence-corrected chi connectivity index (χ4v) is 5.19. The normalized spacial score (nSPS) is 11.1. The Kier molecular flexibility index (Phi) is 5.17. The van der Waals surface area contributed by atoms with Gasteiger partial charge in [-0.05, 0) is 80.2 Å². The molecular formula is C35H21N3. The fraction of sp³-hybridized carbons (Fsp3) is 0. The van der Waals surface area contributed by atoms with Crippen molar-refractivity contribution in [3.63, 3.8) is 0 Å². The van der Waals surface area contributed by atoms with Crippen molar-refractivity contribution in [3.8, 4) is 39.7 Å². The monoisotopic (exact) mass is 483 g/mol. The summed E-state index contributed by atoms with van der Waals surface area (Å²) in [7, 11) is 0. The lowest BCUT2D eigenvalue weighted by molar-refractivity contribution is 1.23. The molecule has 7 rings (SSSR count). The molecule has 0 saturated heterocycles. The maximum Gasteiger partial charge on any atom is 0.160 e. The van der Waals surface area contributed by atoms with E-state index in [2.05, 4.69) is 78.9 Å². The Bertz CT molecular complexity index is 2030. The van der Waals surface area contributed by atoms with Gasteiger partial charge < -0.3 is 0 Å². The van der Waals surface area contributed by atoms with E-state index in [1.54, 1.807) is 0 Å². The lowest BCUT2D eigenvalue weighted by atomic mass is 9.92. The number of para-hydroxylation sites is 1. The molecule has 0 atom stereocenters. The van der Waals surface area contributed by atoms with E-state index < -0.39 is 0 Å². The number of fused-ring (bicyclic) bond motifs is 3. The van der Waals surface area contributed by atoms with Crippen LogP contribution in [-0.2, 0) is 0 Å². The molecule has 0 aliphatic rings. The van der Waals surface area contributed by atoms with E-state index in [-0.39, 0.29) is 0 Å². The van der Waals surface area contributed by atoms with Crippen molar-refractivity contribution in [2.45, 2.75) is 0 Å². The molecular weight excluding hydrogens is 462 g/mol. The number of rotatable bonds is 3. The summed E-state index contributed by atoms with van der Waals surface area (Å²) in [5.41, 5.74) is 7.10. The first-order valence-electron chi connectivity index (χ1n) is 12.6. The van der Waals surface area contributed by atoms with Crippen LogP contribution in [0.1, 0.15) is 5.56 Å². The van der Waals surface area contributed by atoms with Gasteiger partial charge in [-0.1, -0.05) is 84.9 Å². The van der Waals surface area contributed by atoms with E-state index in [1.807, 2.05) is 54.7 Å². The van der Waals surface area contributed by atoms with Crippen molar-refractivity contribution in [3.05, 3.63) is 133 Å². The molecule has 6 aromatic carbocycles. The molecule has 3 nitrogen and oxygen atoms in total. The number of nitriles is 1. The largest absolute Gasteiger partial charge is 0.236 e. The second-order valence-electron chi connectivity index (χ2n) is 9.43. The third-order valence-electron chi connectivity index (χ3n) is 7.13. The van der Waals surface area contributed by atoms with Gasteiger partial charge in [0.2, 0.25) is 0 Å². The average molecular weight is 484 g/mol. The van der Waals surface area contributed by atoms with Crippen molar-refractivity contribution in [1.29, 1.82) is 5.26 Å². The van der Waals surface area contributed by atoms with Crippen LogP contribution in [0.2, 0.25) is 0 Å². The molecule has 1 aromatic heterocycles. The first-order chi connectivity index (χ1) is 18.8. The summed E-state index contributed by atoms with van der Waals surface area (Å²) in [5.74, 6) is 0.723. The molecule has 0 unspecified atom stereocenters. The Morgan fingerprint density at radius 3 is 2.16 bits per heavy atom. The topological polar surface area (TPSA) is 49.6 Å². The van der Waals surface area contributed by atoms with Gasteiger partial charge in [0.15, 0.2) is 5.82 Å².